The highest BCUT2D eigenvalue weighted by molar-refractivity contribution is 5.95. The van der Waals surface area contributed by atoms with Crippen molar-refractivity contribution >= 4 is 22.6 Å². The van der Waals surface area contributed by atoms with Crippen molar-refractivity contribution in [3.05, 3.63) is 59.4 Å². The van der Waals surface area contributed by atoms with Crippen LogP contribution >= 0.6 is 0 Å². The van der Waals surface area contributed by atoms with E-state index in [1.807, 2.05) is 0 Å². The van der Waals surface area contributed by atoms with E-state index < -0.39 is 6.43 Å². The minimum Gasteiger partial charge on any atom is -0.399 e. The predicted molar refractivity (Wildman–Crippen MR) is 107 cm³/mol. The summed E-state index contributed by atoms with van der Waals surface area (Å²) in [5, 5.41) is 3.23. The molecule has 3 aliphatic rings. The molecule has 6 rings (SSSR count). The number of nitrogens with zero attached hydrogens (tertiary/aromatic N) is 1. The van der Waals surface area contributed by atoms with E-state index in [1.165, 1.54) is 12.1 Å². The molecule has 150 valence electrons. The molecule has 3 aliphatic carbocycles. The highest BCUT2D eigenvalue weighted by atomic mass is 19.3. The van der Waals surface area contributed by atoms with Crippen molar-refractivity contribution in [3.8, 4) is 0 Å². The molecule has 0 atom stereocenters. The van der Waals surface area contributed by atoms with E-state index in [9.17, 15) is 13.6 Å². The number of aromatic nitrogens is 2. The van der Waals surface area contributed by atoms with Crippen LogP contribution in [0.4, 0.5) is 14.5 Å². The maximum absolute atomic E-state index is 13.0. The summed E-state index contributed by atoms with van der Waals surface area (Å²) in [5.74, 6) is 0.752. The highest BCUT2D eigenvalue weighted by Gasteiger charge is 2.60. The molecule has 0 spiro atoms. The largest absolute Gasteiger partial charge is 0.399 e. The number of anilines is 1. The Morgan fingerprint density at radius 1 is 1.14 bits per heavy atom. The van der Waals surface area contributed by atoms with Crippen LogP contribution in [0, 0.1) is 0 Å². The molecule has 3 aromatic rings. The molecule has 4 N–H and O–H groups in total. The van der Waals surface area contributed by atoms with Crippen LogP contribution in [0.15, 0.2) is 42.5 Å². The fraction of sp³-hybridized carbons (Fsp3) is 0.364. The van der Waals surface area contributed by atoms with E-state index in [4.69, 9.17) is 10.7 Å². The number of fused-ring (bicyclic) bond motifs is 3. The second-order valence-electron chi connectivity index (χ2n) is 8.51. The summed E-state index contributed by atoms with van der Waals surface area (Å²) in [4.78, 5) is 20.7. The van der Waals surface area contributed by atoms with Crippen molar-refractivity contribution in [2.45, 2.75) is 49.5 Å². The molecule has 0 radical (unpaired) electrons. The maximum atomic E-state index is 13.0. The van der Waals surface area contributed by atoms with Gasteiger partial charge >= 0.3 is 0 Å². The molecule has 2 aromatic carbocycles. The second-order valence-corrected chi connectivity index (χ2v) is 8.51. The molecule has 1 aromatic heterocycles. The lowest BCUT2D eigenvalue weighted by Crippen LogP contribution is -2.66. The van der Waals surface area contributed by atoms with Gasteiger partial charge in [-0.25, -0.2) is 13.8 Å². The molecule has 1 heterocycles. The first-order valence-corrected chi connectivity index (χ1v) is 9.85. The minimum absolute atomic E-state index is 0.00689. The Hall–Kier alpha value is -2.96. The van der Waals surface area contributed by atoms with Crippen molar-refractivity contribution in [2.24, 2.45) is 0 Å². The molecule has 5 nitrogen and oxygen atoms in total. The summed E-state index contributed by atoms with van der Waals surface area (Å²) in [5.41, 5.74) is 7.90. The average Bonchev–Trinajstić information content (AvgIpc) is 3.12. The Morgan fingerprint density at radius 2 is 1.90 bits per heavy atom. The lowest BCUT2D eigenvalue weighted by atomic mass is 9.49. The number of nitrogens with one attached hydrogen (secondary N) is 2. The number of alkyl halides is 2. The number of imidazole rings is 1. The zero-order valence-electron chi connectivity index (χ0n) is 15.8. The van der Waals surface area contributed by atoms with Gasteiger partial charge in [-0.3, -0.25) is 4.79 Å². The van der Waals surface area contributed by atoms with Gasteiger partial charge in [0.05, 0.1) is 11.0 Å². The van der Waals surface area contributed by atoms with Crippen LogP contribution in [0.3, 0.4) is 0 Å². The zero-order valence-corrected chi connectivity index (χ0v) is 15.8. The van der Waals surface area contributed by atoms with E-state index in [0.29, 0.717) is 22.3 Å². The molecular weight excluding hydrogens is 374 g/mol. The number of nitrogens with two attached hydrogens (primary N) is 1. The molecule has 3 fully saturated rings. The molecule has 2 bridgehead atoms. The molecule has 7 heteroatoms. The number of amides is 1. The average molecular weight is 396 g/mol. The first-order valence-electron chi connectivity index (χ1n) is 9.85. The number of H-pyrrole nitrogens is 1. The van der Waals surface area contributed by atoms with Crippen LogP contribution in [-0.2, 0) is 5.41 Å². The topological polar surface area (TPSA) is 83.8 Å². The smallest absolute Gasteiger partial charge is 0.263 e. The standard InChI is InChI=1S/C22H22F2N4O/c23-18(24)14-4-7-16-17(10-14)27-20(26-16)21-8-1-9-22(11-21,12-21)28-19(29)13-2-5-15(25)6-3-13/h2-7,10,18H,1,8-9,11-12,25H2,(H,26,27)(H,28,29). The number of hydrogen-bond acceptors (Lipinski definition) is 3. The number of benzene rings is 2. The van der Waals surface area contributed by atoms with Gasteiger partial charge in [0.2, 0.25) is 0 Å². The number of aromatic amines is 1. The van der Waals surface area contributed by atoms with Crippen molar-refractivity contribution in [1.82, 2.24) is 15.3 Å². The predicted octanol–water partition coefficient (Wildman–Crippen LogP) is 4.47. The third kappa shape index (κ3) is 2.96. The van der Waals surface area contributed by atoms with Gasteiger partial charge in [0, 0.05) is 27.8 Å². The lowest BCUT2D eigenvalue weighted by Gasteiger charge is -2.60. The quantitative estimate of drug-likeness (QED) is 0.569. The van der Waals surface area contributed by atoms with Gasteiger partial charge in [-0.05, 0) is 62.1 Å². The summed E-state index contributed by atoms with van der Waals surface area (Å²) in [6, 6.07) is 11.5. The van der Waals surface area contributed by atoms with E-state index >= 15 is 0 Å². The molecule has 3 saturated carbocycles. The molecule has 29 heavy (non-hydrogen) atoms. The van der Waals surface area contributed by atoms with Gasteiger partial charge in [0.15, 0.2) is 0 Å². The van der Waals surface area contributed by atoms with Gasteiger partial charge in [-0.1, -0.05) is 12.5 Å². The van der Waals surface area contributed by atoms with E-state index in [1.54, 1.807) is 30.3 Å². The van der Waals surface area contributed by atoms with Crippen LogP contribution in [0.2, 0.25) is 0 Å². The number of nitrogen functional groups attached to an aromatic ring is 1. The van der Waals surface area contributed by atoms with Gasteiger partial charge in [-0.15, -0.1) is 0 Å². The summed E-state index contributed by atoms with van der Waals surface area (Å²) in [7, 11) is 0. The van der Waals surface area contributed by atoms with Gasteiger partial charge in [0.1, 0.15) is 5.82 Å². The lowest BCUT2D eigenvalue weighted by molar-refractivity contribution is 0.00534. The molecular formula is C22H22F2N4O. The van der Waals surface area contributed by atoms with Crippen molar-refractivity contribution < 1.29 is 13.6 Å². The van der Waals surface area contributed by atoms with Crippen LogP contribution in [0.5, 0.6) is 0 Å². The Balaban J connectivity index is 1.37. The highest BCUT2D eigenvalue weighted by Crippen LogP contribution is 2.58. The molecule has 0 unspecified atom stereocenters. The molecule has 1 amide bonds. The summed E-state index contributed by atoms with van der Waals surface area (Å²) < 4.78 is 26.0. The maximum Gasteiger partial charge on any atom is 0.263 e. The van der Waals surface area contributed by atoms with Crippen molar-refractivity contribution in [3.63, 3.8) is 0 Å². The monoisotopic (exact) mass is 396 g/mol. The minimum atomic E-state index is -2.50. The third-order valence-electron chi connectivity index (χ3n) is 6.48. The summed E-state index contributed by atoms with van der Waals surface area (Å²) >= 11 is 0. The molecule has 0 saturated heterocycles. The normalized spacial score (nSPS) is 25.8. The second kappa shape index (κ2) is 6.27. The Labute approximate surface area is 166 Å². The van der Waals surface area contributed by atoms with Crippen LogP contribution in [0.1, 0.15) is 60.3 Å². The summed E-state index contributed by atoms with van der Waals surface area (Å²) in [6.07, 6.45) is 2.02. The molecule has 0 aliphatic heterocycles. The number of carbonyl (C=O) groups is 1. The van der Waals surface area contributed by atoms with Crippen LogP contribution < -0.4 is 11.1 Å². The van der Waals surface area contributed by atoms with Crippen molar-refractivity contribution in [2.75, 3.05) is 5.73 Å². The van der Waals surface area contributed by atoms with Crippen LogP contribution in [-0.4, -0.2) is 21.4 Å². The first kappa shape index (κ1) is 18.1. The van der Waals surface area contributed by atoms with Gasteiger partial charge in [0.25, 0.3) is 12.3 Å². The SMILES string of the molecule is Nc1ccc(C(=O)NC23CCCC(c4nc5ccc(C(F)F)cc5[nH]4)(C2)C3)cc1. The van der Waals surface area contributed by atoms with Crippen molar-refractivity contribution in [1.29, 1.82) is 0 Å². The summed E-state index contributed by atoms with van der Waals surface area (Å²) in [6.45, 7) is 0. The fourth-order valence-corrected chi connectivity index (χ4v) is 5.16. The number of carbonyl (C=O) groups excluding carboxylic acids is 1. The number of hydrogen-bond donors (Lipinski definition) is 3. The van der Waals surface area contributed by atoms with E-state index in [0.717, 1.165) is 37.9 Å². The van der Waals surface area contributed by atoms with Crippen LogP contribution in [0.25, 0.3) is 11.0 Å². The Bertz CT molecular complexity index is 1080. The Kier molecular flexibility index (Phi) is 3.91. The van der Waals surface area contributed by atoms with E-state index in [2.05, 4.69) is 10.3 Å². The fourth-order valence-electron chi connectivity index (χ4n) is 5.16. The number of rotatable bonds is 4. The third-order valence-corrected chi connectivity index (χ3v) is 6.48. The van der Waals surface area contributed by atoms with Gasteiger partial charge < -0.3 is 16.0 Å². The van der Waals surface area contributed by atoms with Gasteiger partial charge in [-0.2, -0.15) is 0 Å². The first-order chi connectivity index (χ1) is 13.9. The number of halogens is 2. The Morgan fingerprint density at radius 3 is 2.62 bits per heavy atom. The zero-order chi connectivity index (χ0) is 20.2. The van der Waals surface area contributed by atoms with E-state index in [-0.39, 0.29) is 22.4 Å².